The third-order valence-electron chi connectivity index (χ3n) is 5.50. The Kier molecular flexibility index (Phi) is 7.67. The molecule has 35 heavy (non-hydrogen) atoms. The number of ether oxygens (including phenoxy) is 1. The zero-order chi connectivity index (χ0) is 24.8. The summed E-state index contributed by atoms with van der Waals surface area (Å²) < 4.78 is 5.26. The minimum Gasteiger partial charge on any atom is -0.497 e. The predicted octanol–water partition coefficient (Wildman–Crippen LogP) is 4.39. The van der Waals surface area contributed by atoms with Crippen LogP contribution in [0.15, 0.2) is 59.6 Å². The number of aromatic nitrogens is 2. The number of benzene rings is 2. The van der Waals surface area contributed by atoms with Crippen molar-refractivity contribution in [2.24, 2.45) is 4.99 Å². The van der Waals surface area contributed by atoms with E-state index in [-0.39, 0.29) is 0 Å². The van der Waals surface area contributed by atoms with Crippen LogP contribution in [0.2, 0.25) is 5.02 Å². The molecule has 0 aliphatic carbocycles. The summed E-state index contributed by atoms with van der Waals surface area (Å²) in [6.07, 6.45) is 0. The van der Waals surface area contributed by atoms with Gasteiger partial charge < -0.3 is 19.9 Å². The number of methoxy groups -OCH3 is 1. The second-order valence-corrected chi connectivity index (χ2v) is 8.58. The van der Waals surface area contributed by atoms with E-state index in [0.717, 1.165) is 35.9 Å². The first-order chi connectivity index (χ1) is 16.9. The lowest BCUT2D eigenvalue weighted by Crippen LogP contribution is -2.54. The lowest BCUT2D eigenvalue weighted by Gasteiger charge is -2.37. The van der Waals surface area contributed by atoms with Crippen molar-refractivity contribution in [2.45, 2.75) is 13.8 Å². The first-order valence-electron chi connectivity index (χ1n) is 11.3. The monoisotopic (exact) mass is 493 g/mol. The molecule has 182 valence electrons. The summed E-state index contributed by atoms with van der Waals surface area (Å²) in [5, 5.41) is 6.22. The Balaban J connectivity index is 1.51. The molecule has 0 unspecified atom stereocenters. The summed E-state index contributed by atoms with van der Waals surface area (Å²) in [6.45, 7) is 6.62. The molecule has 1 aromatic heterocycles. The van der Waals surface area contributed by atoms with Gasteiger partial charge in [-0.25, -0.2) is 14.8 Å². The van der Waals surface area contributed by atoms with Crippen LogP contribution in [0.3, 0.4) is 0 Å². The SMILES string of the molecule is COc1ccc(N2CCN(/C(=N/c3nc(C)cc(C)n3)NC(=O)Nc3cccc(Cl)c3)CC2)cc1. The molecular formula is C25H28ClN7O2. The van der Waals surface area contributed by atoms with Gasteiger partial charge in [0.25, 0.3) is 5.95 Å². The van der Waals surface area contributed by atoms with E-state index in [1.165, 1.54) is 0 Å². The maximum Gasteiger partial charge on any atom is 0.326 e. The standard InChI is InChI=1S/C25H28ClN7O2/c1-17-15-18(2)28-23(27-17)30-24(31-25(34)29-20-6-4-5-19(26)16-20)33-13-11-32(12-14-33)21-7-9-22(35-3)10-8-21/h4-10,15-16H,11-14H2,1-3H3,(H2,27,28,29,30,31,34). The molecule has 1 aliphatic rings. The highest BCUT2D eigenvalue weighted by molar-refractivity contribution is 6.30. The van der Waals surface area contributed by atoms with Crippen LogP contribution in [0.4, 0.5) is 22.1 Å². The van der Waals surface area contributed by atoms with Crippen molar-refractivity contribution in [3.05, 3.63) is 71.0 Å². The summed E-state index contributed by atoms with van der Waals surface area (Å²) in [4.78, 5) is 30.6. The van der Waals surface area contributed by atoms with Gasteiger partial charge in [0.15, 0.2) is 0 Å². The minimum atomic E-state index is -0.423. The van der Waals surface area contributed by atoms with E-state index in [1.807, 2.05) is 49.1 Å². The number of carbonyl (C=O) groups is 1. The molecule has 4 rings (SSSR count). The normalized spacial score (nSPS) is 14.0. The molecular weight excluding hydrogens is 466 g/mol. The molecule has 0 bridgehead atoms. The summed E-state index contributed by atoms with van der Waals surface area (Å²) in [5.74, 6) is 1.52. The Labute approximate surface area is 209 Å². The van der Waals surface area contributed by atoms with Crippen molar-refractivity contribution < 1.29 is 9.53 Å². The number of aliphatic imine (C=N–C) groups is 1. The number of anilines is 2. The number of urea groups is 1. The zero-order valence-corrected chi connectivity index (χ0v) is 20.7. The number of amides is 2. The first kappa shape index (κ1) is 24.3. The van der Waals surface area contributed by atoms with E-state index >= 15 is 0 Å². The van der Waals surface area contributed by atoms with Crippen molar-refractivity contribution in [1.82, 2.24) is 20.2 Å². The molecule has 1 fully saturated rings. The van der Waals surface area contributed by atoms with E-state index in [4.69, 9.17) is 16.3 Å². The van der Waals surface area contributed by atoms with Gasteiger partial charge >= 0.3 is 6.03 Å². The lowest BCUT2D eigenvalue weighted by molar-refractivity contribution is 0.254. The highest BCUT2D eigenvalue weighted by Gasteiger charge is 2.22. The van der Waals surface area contributed by atoms with Gasteiger partial charge in [-0.2, -0.15) is 4.99 Å². The van der Waals surface area contributed by atoms with E-state index in [1.54, 1.807) is 31.4 Å². The number of piperazine rings is 1. The fraction of sp³-hybridized carbons (Fsp3) is 0.280. The van der Waals surface area contributed by atoms with Gasteiger partial charge in [0, 0.05) is 54.0 Å². The predicted molar refractivity (Wildman–Crippen MR) is 139 cm³/mol. The fourth-order valence-electron chi connectivity index (χ4n) is 3.83. The average Bonchev–Trinajstić information content (AvgIpc) is 2.83. The largest absolute Gasteiger partial charge is 0.497 e. The van der Waals surface area contributed by atoms with Gasteiger partial charge in [0.05, 0.1) is 7.11 Å². The van der Waals surface area contributed by atoms with Crippen LogP contribution in [0.1, 0.15) is 11.4 Å². The van der Waals surface area contributed by atoms with Crippen LogP contribution in [0.5, 0.6) is 5.75 Å². The lowest BCUT2D eigenvalue weighted by atomic mass is 10.2. The second kappa shape index (κ2) is 11.1. The summed E-state index contributed by atoms with van der Waals surface area (Å²) in [7, 11) is 1.66. The maximum absolute atomic E-state index is 12.8. The van der Waals surface area contributed by atoms with Gasteiger partial charge in [-0.3, -0.25) is 5.32 Å². The molecule has 3 aromatic rings. The van der Waals surface area contributed by atoms with E-state index in [2.05, 4.69) is 30.5 Å². The molecule has 0 radical (unpaired) electrons. The van der Waals surface area contributed by atoms with Crippen molar-refractivity contribution in [2.75, 3.05) is 43.5 Å². The van der Waals surface area contributed by atoms with Crippen molar-refractivity contribution in [3.63, 3.8) is 0 Å². The minimum absolute atomic E-state index is 0.304. The molecule has 2 heterocycles. The van der Waals surface area contributed by atoms with Crippen molar-refractivity contribution in [1.29, 1.82) is 0 Å². The van der Waals surface area contributed by atoms with Crippen LogP contribution < -0.4 is 20.3 Å². The fourth-order valence-corrected chi connectivity index (χ4v) is 4.02. The number of carbonyl (C=O) groups excluding carboxylic acids is 1. The molecule has 0 spiro atoms. The Morgan fingerprint density at radius 1 is 1.00 bits per heavy atom. The van der Waals surface area contributed by atoms with Crippen LogP contribution in [0, 0.1) is 13.8 Å². The molecule has 0 saturated carbocycles. The van der Waals surface area contributed by atoms with Crippen LogP contribution in [0.25, 0.3) is 0 Å². The number of hydrogen-bond donors (Lipinski definition) is 2. The number of halogens is 1. The quantitative estimate of drug-likeness (QED) is 0.413. The molecule has 1 aliphatic heterocycles. The molecule has 2 amide bonds. The Morgan fingerprint density at radius 2 is 1.69 bits per heavy atom. The Bertz CT molecular complexity index is 1190. The third kappa shape index (κ3) is 6.60. The van der Waals surface area contributed by atoms with Crippen LogP contribution in [-0.4, -0.2) is 60.1 Å². The molecule has 1 saturated heterocycles. The van der Waals surface area contributed by atoms with Gasteiger partial charge in [-0.05, 0) is 62.4 Å². The van der Waals surface area contributed by atoms with E-state index in [9.17, 15) is 4.79 Å². The van der Waals surface area contributed by atoms with Gasteiger partial charge in [-0.15, -0.1) is 0 Å². The van der Waals surface area contributed by atoms with Crippen molar-refractivity contribution >= 4 is 40.9 Å². The zero-order valence-electron chi connectivity index (χ0n) is 20.0. The molecule has 2 aromatic carbocycles. The van der Waals surface area contributed by atoms with Crippen molar-refractivity contribution in [3.8, 4) is 5.75 Å². The number of nitrogens with zero attached hydrogens (tertiary/aromatic N) is 5. The molecule has 0 atom stereocenters. The number of hydrogen-bond acceptors (Lipinski definition) is 6. The van der Waals surface area contributed by atoms with Gasteiger partial charge in [0.2, 0.25) is 5.96 Å². The Hall–Kier alpha value is -3.85. The third-order valence-corrected chi connectivity index (χ3v) is 5.74. The van der Waals surface area contributed by atoms with E-state index in [0.29, 0.717) is 35.7 Å². The average molecular weight is 494 g/mol. The Morgan fingerprint density at radius 3 is 2.31 bits per heavy atom. The first-order valence-corrected chi connectivity index (χ1v) is 11.7. The number of nitrogens with one attached hydrogen (secondary N) is 2. The number of guanidine groups is 1. The summed E-state index contributed by atoms with van der Waals surface area (Å²) in [5.41, 5.74) is 3.32. The molecule has 10 heteroatoms. The van der Waals surface area contributed by atoms with E-state index < -0.39 is 6.03 Å². The topological polar surface area (TPSA) is 95.0 Å². The summed E-state index contributed by atoms with van der Waals surface area (Å²) in [6, 6.07) is 16.4. The second-order valence-electron chi connectivity index (χ2n) is 8.15. The molecule has 2 N–H and O–H groups in total. The van der Waals surface area contributed by atoms with Crippen LogP contribution in [-0.2, 0) is 0 Å². The number of rotatable bonds is 4. The smallest absolute Gasteiger partial charge is 0.326 e. The summed E-state index contributed by atoms with van der Waals surface area (Å²) >= 11 is 6.04. The van der Waals surface area contributed by atoms with Crippen LogP contribution >= 0.6 is 11.6 Å². The van der Waals surface area contributed by atoms with Gasteiger partial charge in [0.1, 0.15) is 5.75 Å². The highest BCUT2D eigenvalue weighted by Crippen LogP contribution is 2.21. The van der Waals surface area contributed by atoms with Gasteiger partial charge in [-0.1, -0.05) is 17.7 Å². The number of aryl methyl sites for hydroxylation is 2. The molecule has 9 nitrogen and oxygen atoms in total. The maximum atomic E-state index is 12.8. The highest BCUT2D eigenvalue weighted by atomic mass is 35.5.